The molecule has 2 rings (SSSR count). The van der Waals surface area contributed by atoms with Crippen molar-refractivity contribution >= 4 is 0 Å². The van der Waals surface area contributed by atoms with Crippen molar-refractivity contribution in [2.24, 2.45) is 0 Å². The first kappa shape index (κ1) is 14.9. The second-order valence-electron chi connectivity index (χ2n) is 5.53. The van der Waals surface area contributed by atoms with E-state index >= 15 is 0 Å². The normalized spacial score (nSPS) is 12.7. The average molecular weight is 271 g/mol. The SMILES string of the molecule is CCNC(c1cccc(C)c1C)c1c(C)oc(C)c1C. The van der Waals surface area contributed by atoms with Crippen molar-refractivity contribution < 1.29 is 4.42 Å². The summed E-state index contributed by atoms with van der Waals surface area (Å²) in [6.45, 7) is 13.7. The highest BCUT2D eigenvalue weighted by molar-refractivity contribution is 5.45. The molecule has 0 bridgehead atoms. The standard InChI is InChI=1S/C18H25NO/c1-7-19-18(16-10-8-9-11(2)12(16)3)17-13(4)14(5)20-15(17)6/h8-10,18-19H,7H2,1-6H3. The third kappa shape index (κ3) is 2.53. The summed E-state index contributed by atoms with van der Waals surface area (Å²) in [6, 6.07) is 6.73. The van der Waals surface area contributed by atoms with Gasteiger partial charge in [0.25, 0.3) is 0 Å². The average Bonchev–Trinajstić information content (AvgIpc) is 2.65. The fourth-order valence-electron chi connectivity index (χ4n) is 2.89. The van der Waals surface area contributed by atoms with Crippen LogP contribution in [-0.2, 0) is 0 Å². The first-order valence-electron chi connectivity index (χ1n) is 7.33. The van der Waals surface area contributed by atoms with E-state index in [1.807, 2.05) is 6.92 Å². The maximum absolute atomic E-state index is 5.82. The van der Waals surface area contributed by atoms with Crippen molar-refractivity contribution in [3.05, 3.63) is 57.5 Å². The van der Waals surface area contributed by atoms with Crippen molar-refractivity contribution in [3.8, 4) is 0 Å². The Labute approximate surface area is 122 Å². The van der Waals surface area contributed by atoms with Gasteiger partial charge in [-0.15, -0.1) is 0 Å². The topological polar surface area (TPSA) is 25.2 Å². The van der Waals surface area contributed by atoms with Crippen LogP contribution in [0.5, 0.6) is 0 Å². The van der Waals surface area contributed by atoms with Gasteiger partial charge >= 0.3 is 0 Å². The predicted octanol–water partition coefficient (Wildman–Crippen LogP) is 4.52. The summed E-state index contributed by atoms with van der Waals surface area (Å²) in [7, 11) is 0. The van der Waals surface area contributed by atoms with E-state index < -0.39 is 0 Å². The van der Waals surface area contributed by atoms with Crippen LogP contribution in [0.25, 0.3) is 0 Å². The Morgan fingerprint density at radius 1 is 1.00 bits per heavy atom. The molecule has 1 N–H and O–H groups in total. The number of hydrogen-bond acceptors (Lipinski definition) is 2. The fraction of sp³-hybridized carbons (Fsp3) is 0.444. The molecule has 1 unspecified atom stereocenters. The number of benzene rings is 1. The van der Waals surface area contributed by atoms with Gasteiger partial charge in [-0.05, 0) is 63.4 Å². The molecule has 0 radical (unpaired) electrons. The quantitative estimate of drug-likeness (QED) is 0.884. The van der Waals surface area contributed by atoms with Gasteiger partial charge in [0.2, 0.25) is 0 Å². The number of rotatable bonds is 4. The molecule has 1 atom stereocenters. The molecule has 0 aliphatic heterocycles. The smallest absolute Gasteiger partial charge is 0.106 e. The number of hydrogen-bond donors (Lipinski definition) is 1. The van der Waals surface area contributed by atoms with Crippen LogP contribution in [0, 0.1) is 34.6 Å². The van der Waals surface area contributed by atoms with Gasteiger partial charge < -0.3 is 9.73 Å². The van der Waals surface area contributed by atoms with Gasteiger partial charge in [0, 0.05) is 5.56 Å². The second-order valence-corrected chi connectivity index (χ2v) is 5.53. The van der Waals surface area contributed by atoms with Crippen LogP contribution in [0.2, 0.25) is 0 Å². The van der Waals surface area contributed by atoms with Crippen LogP contribution in [0.1, 0.15) is 52.3 Å². The molecule has 108 valence electrons. The lowest BCUT2D eigenvalue weighted by atomic mass is 9.90. The Morgan fingerprint density at radius 3 is 2.25 bits per heavy atom. The molecule has 0 saturated carbocycles. The van der Waals surface area contributed by atoms with Crippen molar-refractivity contribution in [3.63, 3.8) is 0 Å². The van der Waals surface area contributed by atoms with Crippen LogP contribution >= 0.6 is 0 Å². The monoisotopic (exact) mass is 271 g/mol. The van der Waals surface area contributed by atoms with Crippen molar-refractivity contribution in [2.45, 2.75) is 47.6 Å². The zero-order valence-electron chi connectivity index (χ0n) is 13.4. The summed E-state index contributed by atoms with van der Waals surface area (Å²) in [5.41, 5.74) is 6.59. The second kappa shape index (κ2) is 5.84. The van der Waals surface area contributed by atoms with Crippen molar-refractivity contribution in [1.82, 2.24) is 5.32 Å². The first-order chi connectivity index (χ1) is 9.47. The number of furan rings is 1. The van der Waals surface area contributed by atoms with E-state index in [0.29, 0.717) is 0 Å². The van der Waals surface area contributed by atoms with Crippen LogP contribution in [0.4, 0.5) is 0 Å². The fourth-order valence-corrected chi connectivity index (χ4v) is 2.89. The summed E-state index contributed by atoms with van der Waals surface area (Å²) in [5.74, 6) is 2.04. The molecule has 20 heavy (non-hydrogen) atoms. The molecule has 0 aliphatic carbocycles. The third-order valence-electron chi connectivity index (χ3n) is 4.27. The predicted molar refractivity (Wildman–Crippen MR) is 84.4 cm³/mol. The van der Waals surface area contributed by atoms with E-state index in [4.69, 9.17) is 4.42 Å². The summed E-state index contributed by atoms with van der Waals surface area (Å²) in [4.78, 5) is 0. The zero-order valence-corrected chi connectivity index (χ0v) is 13.4. The van der Waals surface area contributed by atoms with Crippen molar-refractivity contribution in [2.75, 3.05) is 6.54 Å². The van der Waals surface area contributed by atoms with E-state index in [-0.39, 0.29) is 6.04 Å². The Morgan fingerprint density at radius 2 is 1.70 bits per heavy atom. The van der Waals surface area contributed by atoms with Crippen LogP contribution in [0.15, 0.2) is 22.6 Å². The lowest BCUT2D eigenvalue weighted by Crippen LogP contribution is -2.24. The molecule has 2 nitrogen and oxygen atoms in total. The minimum absolute atomic E-state index is 0.206. The summed E-state index contributed by atoms with van der Waals surface area (Å²) >= 11 is 0. The highest BCUT2D eigenvalue weighted by Crippen LogP contribution is 2.33. The molecule has 2 heteroatoms. The lowest BCUT2D eigenvalue weighted by Gasteiger charge is -2.22. The van der Waals surface area contributed by atoms with Gasteiger partial charge in [0.05, 0.1) is 6.04 Å². The van der Waals surface area contributed by atoms with Gasteiger partial charge in [-0.2, -0.15) is 0 Å². The number of aryl methyl sites for hydroxylation is 3. The maximum Gasteiger partial charge on any atom is 0.106 e. The minimum Gasteiger partial charge on any atom is -0.466 e. The molecular formula is C18H25NO. The van der Waals surface area contributed by atoms with E-state index in [0.717, 1.165) is 18.1 Å². The molecule has 0 saturated heterocycles. The summed E-state index contributed by atoms with van der Waals surface area (Å²) < 4.78 is 5.82. The van der Waals surface area contributed by atoms with Gasteiger partial charge in [0.1, 0.15) is 11.5 Å². The third-order valence-corrected chi connectivity index (χ3v) is 4.27. The largest absolute Gasteiger partial charge is 0.466 e. The van der Waals surface area contributed by atoms with E-state index in [1.165, 1.54) is 27.8 Å². The Hall–Kier alpha value is -1.54. The highest BCUT2D eigenvalue weighted by atomic mass is 16.3. The van der Waals surface area contributed by atoms with Gasteiger partial charge in [0.15, 0.2) is 0 Å². The molecule has 1 aromatic carbocycles. The highest BCUT2D eigenvalue weighted by Gasteiger charge is 2.23. The lowest BCUT2D eigenvalue weighted by molar-refractivity contribution is 0.494. The Balaban J connectivity index is 2.59. The Bertz CT molecular complexity index is 610. The number of nitrogens with one attached hydrogen (secondary N) is 1. The van der Waals surface area contributed by atoms with Crippen molar-refractivity contribution in [1.29, 1.82) is 0 Å². The van der Waals surface area contributed by atoms with Crippen LogP contribution in [0.3, 0.4) is 0 Å². The molecule has 1 aromatic heterocycles. The van der Waals surface area contributed by atoms with Gasteiger partial charge in [-0.25, -0.2) is 0 Å². The molecule has 0 spiro atoms. The van der Waals surface area contributed by atoms with E-state index in [2.05, 4.69) is 58.1 Å². The van der Waals surface area contributed by atoms with E-state index in [9.17, 15) is 0 Å². The molecular weight excluding hydrogens is 246 g/mol. The molecule has 0 fully saturated rings. The summed E-state index contributed by atoms with van der Waals surface area (Å²) in [5, 5.41) is 3.62. The van der Waals surface area contributed by atoms with Crippen LogP contribution in [-0.4, -0.2) is 6.54 Å². The first-order valence-corrected chi connectivity index (χ1v) is 7.33. The van der Waals surface area contributed by atoms with Gasteiger partial charge in [-0.3, -0.25) is 0 Å². The van der Waals surface area contributed by atoms with E-state index in [1.54, 1.807) is 0 Å². The zero-order chi connectivity index (χ0) is 14.9. The molecule has 2 aromatic rings. The maximum atomic E-state index is 5.82. The van der Waals surface area contributed by atoms with Crippen LogP contribution < -0.4 is 5.32 Å². The Kier molecular flexibility index (Phi) is 4.34. The summed E-state index contributed by atoms with van der Waals surface area (Å²) in [6.07, 6.45) is 0. The molecule has 1 heterocycles. The minimum atomic E-state index is 0.206. The molecule has 0 aliphatic rings. The molecule has 0 amide bonds. The van der Waals surface area contributed by atoms with Gasteiger partial charge in [-0.1, -0.05) is 25.1 Å².